The molecule has 1 rings (SSSR count). The van der Waals surface area contributed by atoms with Gasteiger partial charge in [0.1, 0.15) is 5.92 Å². The Balaban J connectivity index is 3.11. The van der Waals surface area contributed by atoms with Crippen molar-refractivity contribution in [1.82, 2.24) is 0 Å². The molecular weight excluding hydrogens is 233 g/mol. The molecule has 0 aliphatic heterocycles. The molecule has 4 heteroatoms. The Morgan fingerprint density at radius 1 is 1.53 bits per heavy atom. The summed E-state index contributed by atoms with van der Waals surface area (Å²) in [5, 5.41) is 9.54. The van der Waals surface area contributed by atoms with Crippen LogP contribution in [0.5, 0.6) is 0 Å². The number of hydrogen-bond acceptors (Lipinski definition) is 2. The predicted octanol–water partition coefficient (Wildman–Crippen LogP) is 3.73. The highest BCUT2D eigenvalue weighted by atomic mass is 35.5. The van der Waals surface area contributed by atoms with Gasteiger partial charge in [-0.2, -0.15) is 5.26 Å². The Hall–Kier alpha value is -1.04. The zero-order valence-corrected chi connectivity index (χ0v) is 9.64. The Bertz CT molecular complexity index is 423. The Morgan fingerprint density at radius 3 is 2.73 bits per heavy atom. The SMILES string of the molecule is CCC(C#N)C(=O)c1cc(Cl)ccc1Cl. The molecule has 0 aliphatic rings. The molecule has 0 bridgehead atoms. The van der Waals surface area contributed by atoms with Crippen LogP contribution in [0.3, 0.4) is 0 Å². The van der Waals surface area contributed by atoms with Crippen LogP contribution in [0.15, 0.2) is 18.2 Å². The average molecular weight is 242 g/mol. The average Bonchev–Trinajstić information content (AvgIpc) is 2.23. The lowest BCUT2D eigenvalue weighted by Crippen LogP contribution is -2.12. The molecule has 0 amide bonds. The van der Waals surface area contributed by atoms with Crippen LogP contribution in [0.4, 0.5) is 0 Å². The molecule has 0 aliphatic carbocycles. The molecule has 0 spiro atoms. The first-order chi connectivity index (χ1) is 7.10. The number of halogens is 2. The fourth-order valence-electron chi connectivity index (χ4n) is 1.21. The van der Waals surface area contributed by atoms with Crippen LogP contribution in [-0.4, -0.2) is 5.78 Å². The zero-order valence-electron chi connectivity index (χ0n) is 8.13. The number of carbonyl (C=O) groups excluding carboxylic acids is 1. The van der Waals surface area contributed by atoms with Gasteiger partial charge in [0.25, 0.3) is 0 Å². The van der Waals surface area contributed by atoms with Crippen molar-refractivity contribution in [2.45, 2.75) is 13.3 Å². The predicted molar refractivity (Wildman–Crippen MR) is 60.2 cm³/mol. The fourth-order valence-corrected chi connectivity index (χ4v) is 1.59. The minimum atomic E-state index is -0.652. The largest absolute Gasteiger partial charge is 0.293 e. The van der Waals surface area contributed by atoms with E-state index in [0.717, 1.165) is 0 Å². The van der Waals surface area contributed by atoms with Crippen molar-refractivity contribution in [2.24, 2.45) is 5.92 Å². The van der Waals surface area contributed by atoms with E-state index >= 15 is 0 Å². The molecule has 0 heterocycles. The van der Waals surface area contributed by atoms with Crippen molar-refractivity contribution in [1.29, 1.82) is 5.26 Å². The molecule has 1 atom stereocenters. The summed E-state index contributed by atoms with van der Waals surface area (Å²) in [6, 6.07) is 6.60. The number of ketones is 1. The van der Waals surface area contributed by atoms with Crippen molar-refractivity contribution >= 4 is 29.0 Å². The summed E-state index contributed by atoms with van der Waals surface area (Å²) in [6.45, 7) is 1.78. The van der Waals surface area contributed by atoms with Crippen LogP contribution in [0, 0.1) is 17.2 Å². The van der Waals surface area contributed by atoms with Crippen LogP contribution in [0.2, 0.25) is 10.0 Å². The standard InChI is InChI=1S/C11H9Cl2NO/c1-2-7(6-14)11(15)9-5-8(12)3-4-10(9)13/h3-5,7H,2H2,1H3. The molecule has 0 saturated heterocycles. The van der Waals surface area contributed by atoms with E-state index in [4.69, 9.17) is 28.5 Å². The van der Waals surface area contributed by atoms with Gasteiger partial charge in [-0.15, -0.1) is 0 Å². The first-order valence-corrected chi connectivity index (χ1v) is 5.24. The van der Waals surface area contributed by atoms with Crippen molar-refractivity contribution in [3.63, 3.8) is 0 Å². The third-order valence-corrected chi connectivity index (χ3v) is 2.64. The van der Waals surface area contributed by atoms with Gasteiger partial charge in [-0.25, -0.2) is 0 Å². The molecule has 1 unspecified atom stereocenters. The number of benzene rings is 1. The van der Waals surface area contributed by atoms with Gasteiger partial charge in [-0.1, -0.05) is 30.1 Å². The highest BCUT2D eigenvalue weighted by Gasteiger charge is 2.20. The molecular formula is C11H9Cl2NO. The van der Waals surface area contributed by atoms with Crippen LogP contribution < -0.4 is 0 Å². The molecule has 2 nitrogen and oxygen atoms in total. The third-order valence-electron chi connectivity index (χ3n) is 2.07. The zero-order chi connectivity index (χ0) is 11.4. The van der Waals surface area contributed by atoms with Crippen LogP contribution >= 0.6 is 23.2 Å². The number of carbonyl (C=O) groups is 1. The van der Waals surface area contributed by atoms with Gasteiger partial charge in [0.05, 0.1) is 11.1 Å². The monoisotopic (exact) mass is 241 g/mol. The molecule has 1 aromatic carbocycles. The summed E-state index contributed by atoms with van der Waals surface area (Å²) in [4.78, 5) is 11.8. The van der Waals surface area contributed by atoms with E-state index in [-0.39, 0.29) is 5.78 Å². The van der Waals surface area contributed by atoms with E-state index in [1.54, 1.807) is 19.1 Å². The van der Waals surface area contributed by atoms with Gasteiger partial charge in [-0.05, 0) is 24.6 Å². The normalized spacial score (nSPS) is 11.9. The van der Waals surface area contributed by atoms with E-state index in [9.17, 15) is 4.79 Å². The van der Waals surface area contributed by atoms with Gasteiger partial charge in [0.15, 0.2) is 5.78 Å². The maximum atomic E-state index is 11.8. The van der Waals surface area contributed by atoms with Gasteiger partial charge >= 0.3 is 0 Å². The highest BCUT2D eigenvalue weighted by Crippen LogP contribution is 2.24. The second kappa shape index (κ2) is 5.16. The van der Waals surface area contributed by atoms with Crippen LogP contribution in [0.25, 0.3) is 0 Å². The number of hydrogen-bond donors (Lipinski definition) is 0. The van der Waals surface area contributed by atoms with Crippen molar-refractivity contribution in [3.05, 3.63) is 33.8 Å². The van der Waals surface area contributed by atoms with Gasteiger partial charge in [0.2, 0.25) is 0 Å². The fraction of sp³-hybridized carbons (Fsp3) is 0.273. The first-order valence-electron chi connectivity index (χ1n) is 4.49. The molecule has 1 aromatic rings. The maximum Gasteiger partial charge on any atom is 0.181 e. The van der Waals surface area contributed by atoms with Gasteiger partial charge in [0, 0.05) is 10.6 Å². The van der Waals surface area contributed by atoms with Crippen LogP contribution in [0.1, 0.15) is 23.7 Å². The third kappa shape index (κ3) is 2.71. The lowest BCUT2D eigenvalue weighted by atomic mass is 9.97. The molecule has 0 fully saturated rings. The number of nitrogens with zero attached hydrogens (tertiary/aromatic N) is 1. The summed E-state index contributed by atoms with van der Waals surface area (Å²) >= 11 is 11.6. The minimum Gasteiger partial charge on any atom is -0.293 e. The van der Waals surface area contributed by atoms with Crippen LogP contribution in [-0.2, 0) is 0 Å². The lowest BCUT2D eigenvalue weighted by molar-refractivity contribution is 0.0947. The molecule has 15 heavy (non-hydrogen) atoms. The Labute approximate surface area is 98.4 Å². The van der Waals surface area contributed by atoms with Gasteiger partial charge < -0.3 is 0 Å². The maximum absolute atomic E-state index is 11.8. The minimum absolute atomic E-state index is 0.271. The molecule has 0 radical (unpaired) electrons. The highest BCUT2D eigenvalue weighted by molar-refractivity contribution is 6.36. The lowest BCUT2D eigenvalue weighted by Gasteiger charge is -2.07. The van der Waals surface area contributed by atoms with Crippen molar-refractivity contribution < 1.29 is 4.79 Å². The van der Waals surface area contributed by atoms with E-state index in [1.165, 1.54) is 6.07 Å². The van der Waals surface area contributed by atoms with E-state index in [1.807, 2.05) is 6.07 Å². The summed E-state index contributed by atoms with van der Waals surface area (Å²) in [7, 11) is 0. The van der Waals surface area contributed by atoms with E-state index in [2.05, 4.69) is 0 Å². The summed E-state index contributed by atoms with van der Waals surface area (Å²) in [6.07, 6.45) is 0.470. The van der Waals surface area contributed by atoms with Gasteiger partial charge in [-0.3, -0.25) is 4.79 Å². The van der Waals surface area contributed by atoms with E-state index in [0.29, 0.717) is 22.0 Å². The Morgan fingerprint density at radius 2 is 2.20 bits per heavy atom. The quantitative estimate of drug-likeness (QED) is 0.757. The van der Waals surface area contributed by atoms with Crippen molar-refractivity contribution in [3.8, 4) is 6.07 Å². The van der Waals surface area contributed by atoms with Crippen molar-refractivity contribution in [2.75, 3.05) is 0 Å². The Kier molecular flexibility index (Phi) is 4.14. The second-order valence-corrected chi connectivity index (χ2v) is 3.92. The molecule has 78 valence electrons. The summed E-state index contributed by atoms with van der Waals surface area (Å²) in [5.41, 5.74) is 0.317. The molecule has 0 N–H and O–H groups in total. The van der Waals surface area contributed by atoms with E-state index < -0.39 is 5.92 Å². The topological polar surface area (TPSA) is 40.9 Å². The second-order valence-electron chi connectivity index (χ2n) is 3.08. The molecule has 0 saturated carbocycles. The summed E-state index contributed by atoms with van der Waals surface area (Å²) < 4.78 is 0. The smallest absolute Gasteiger partial charge is 0.181 e. The number of rotatable bonds is 3. The first kappa shape index (κ1) is 12.0. The molecule has 0 aromatic heterocycles. The number of nitriles is 1. The summed E-state index contributed by atoms with van der Waals surface area (Å²) in [5.74, 6) is -0.923. The number of Topliss-reactive ketones (excluding diaryl/α,β-unsaturated/α-hetero) is 1.